The molecule has 13 heavy (non-hydrogen) atoms. The Labute approximate surface area is 73.2 Å². The van der Waals surface area contributed by atoms with E-state index in [1.165, 1.54) is 7.11 Å². The molecule has 0 aromatic carbocycles. The van der Waals surface area contributed by atoms with E-state index in [4.69, 9.17) is 9.84 Å². The first kappa shape index (κ1) is 9.24. The monoisotopic (exact) mass is 184 g/mol. The van der Waals surface area contributed by atoms with Crippen molar-refractivity contribution in [2.45, 2.75) is 6.42 Å². The second-order valence-corrected chi connectivity index (χ2v) is 2.30. The van der Waals surface area contributed by atoms with Gasteiger partial charge in [-0.2, -0.15) is 4.98 Å². The highest BCUT2D eigenvalue weighted by Crippen LogP contribution is 2.00. The lowest BCUT2D eigenvalue weighted by molar-refractivity contribution is -0.136. The van der Waals surface area contributed by atoms with Crippen LogP contribution < -0.4 is 10.3 Å². The van der Waals surface area contributed by atoms with Gasteiger partial charge in [0.2, 0.25) is 5.88 Å². The molecule has 0 spiro atoms. The summed E-state index contributed by atoms with van der Waals surface area (Å²) in [6.07, 6.45) is -0.327. The molecule has 70 valence electrons. The Kier molecular flexibility index (Phi) is 2.63. The van der Waals surface area contributed by atoms with Crippen molar-refractivity contribution in [3.63, 3.8) is 0 Å². The van der Waals surface area contributed by atoms with Gasteiger partial charge in [0.15, 0.2) is 0 Å². The number of methoxy groups -OCH3 is 1. The van der Waals surface area contributed by atoms with E-state index in [1.807, 2.05) is 0 Å². The zero-order valence-corrected chi connectivity index (χ0v) is 6.90. The fourth-order valence-electron chi connectivity index (χ4n) is 0.815. The summed E-state index contributed by atoms with van der Waals surface area (Å²) in [4.78, 5) is 27.2. The topological polar surface area (TPSA) is 92.3 Å². The van der Waals surface area contributed by atoms with Crippen molar-refractivity contribution in [1.82, 2.24) is 9.97 Å². The molecule has 1 aromatic rings. The number of aromatic amines is 1. The second kappa shape index (κ2) is 3.70. The average Bonchev–Trinajstić information content (AvgIpc) is 2.01. The van der Waals surface area contributed by atoms with Crippen molar-refractivity contribution < 1.29 is 14.6 Å². The molecule has 0 aliphatic heterocycles. The van der Waals surface area contributed by atoms with Gasteiger partial charge in [-0.1, -0.05) is 0 Å². The van der Waals surface area contributed by atoms with Crippen LogP contribution in [0.1, 0.15) is 5.82 Å². The SMILES string of the molecule is COc1cc(=O)[nH]c(CC(=O)O)n1. The van der Waals surface area contributed by atoms with E-state index in [9.17, 15) is 9.59 Å². The Morgan fingerprint density at radius 1 is 1.77 bits per heavy atom. The van der Waals surface area contributed by atoms with Gasteiger partial charge in [0.1, 0.15) is 12.2 Å². The van der Waals surface area contributed by atoms with Gasteiger partial charge in [-0.3, -0.25) is 9.59 Å². The maximum atomic E-state index is 10.9. The molecular weight excluding hydrogens is 176 g/mol. The van der Waals surface area contributed by atoms with Crippen LogP contribution in [0.2, 0.25) is 0 Å². The fourth-order valence-corrected chi connectivity index (χ4v) is 0.815. The lowest BCUT2D eigenvalue weighted by atomic mass is 10.4. The molecule has 1 aromatic heterocycles. The molecule has 0 fully saturated rings. The van der Waals surface area contributed by atoms with E-state index in [0.29, 0.717) is 0 Å². The highest BCUT2D eigenvalue weighted by Gasteiger charge is 2.05. The van der Waals surface area contributed by atoms with E-state index in [1.54, 1.807) is 0 Å². The van der Waals surface area contributed by atoms with Gasteiger partial charge in [-0.05, 0) is 0 Å². The molecule has 0 saturated carbocycles. The summed E-state index contributed by atoms with van der Waals surface area (Å²) in [5.74, 6) is -0.867. The van der Waals surface area contributed by atoms with E-state index < -0.39 is 11.5 Å². The quantitative estimate of drug-likeness (QED) is 0.654. The van der Waals surface area contributed by atoms with Gasteiger partial charge >= 0.3 is 5.97 Å². The fraction of sp³-hybridized carbons (Fsp3) is 0.286. The van der Waals surface area contributed by atoms with Crippen molar-refractivity contribution in [3.05, 3.63) is 22.2 Å². The highest BCUT2D eigenvalue weighted by atomic mass is 16.5. The third kappa shape index (κ3) is 2.58. The number of aromatic nitrogens is 2. The van der Waals surface area contributed by atoms with Crippen molar-refractivity contribution >= 4 is 5.97 Å². The van der Waals surface area contributed by atoms with E-state index in [-0.39, 0.29) is 18.1 Å². The molecule has 0 aliphatic rings. The third-order valence-electron chi connectivity index (χ3n) is 1.30. The molecule has 1 heterocycles. The van der Waals surface area contributed by atoms with E-state index in [0.717, 1.165) is 6.07 Å². The first-order valence-corrected chi connectivity index (χ1v) is 3.48. The van der Waals surface area contributed by atoms with Crippen LogP contribution >= 0.6 is 0 Å². The number of nitrogens with one attached hydrogen (secondary N) is 1. The minimum atomic E-state index is -1.06. The number of hydrogen-bond acceptors (Lipinski definition) is 4. The Morgan fingerprint density at radius 2 is 2.46 bits per heavy atom. The number of hydrogen-bond donors (Lipinski definition) is 2. The van der Waals surface area contributed by atoms with Crippen molar-refractivity contribution in [2.24, 2.45) is 0 Å². The molecule has 0 saturated heterocycles. The first-order valence-electron chi connectivity index (χ1n) is 3.48. The molecule has 0 unspecified atom stereocenters. The molecule has 0 aliphatic carbocycles. The van der Waals surface area contributed by atoms with Crippen LogP contribution in [0.5, 0.6) is 5.88 Å². The summed E-state index contributed by atoms with van der Waals surface area (Å²) in [6.45, 7) is 0. The van der Waals surface area contributed by atoms with Gasteiger partial charge in [0.05, 0.1) is 13.2 Å². The average molecular weight is 184 g/mol. The van der Waals surface area contributed by atoms with Crippen LogP contribution in [0, 0.1) is 0 Å². The number of rotatable bonds is 3. The molecule has 0 amide bonds. The first-order chi connectivity index (χ1) is 6.11. The highest BCUT2D eigenvalue weighted by molar-refractivity contribution is 5.68. The smallest absolute Gasteiger partial charge is 0.311 e. The Hall–Kier alpha value is -1.85. The number of carbonyl (C=O) groups is 1. The number of H-pyrrole nitrogens is 1. The molecule has 6 heteroatoms. The molecule has 0 atom stereocenters. The number of carboxylic acid groups (broad SMARTS) is 1. The Morgan fingerprint density at radius 3 is 3.00 bits per heavy atom. The van der Waals surface area contributed by atoms with Gasteiger partial charge in [0.25, 0.3) is 5.56 Å². The summed E-state index contributed by atoms with van der Waals surface area (Å²) in [7, 11) is 1.35. The molecule has 0 radical (unpaired) electrons. The number of carboxylic acids is 1. The van der Waals surface area contributed by atoms with E-state index >= 15 is 0 Å². The zero-order chi connectivity index (χ0) is 9.84. The molecule has 1 rings (SSSR count). The normalized spacial score (nSPS) is 9.62. The van der Waals surface area contributed by atoms with Gasteiger partial charge in [-0.15, -0.1) is 0 Å². The van der Waals surface area contributed by atoms with Crippen LogP contribution in [-0.2, 0) is 11.2 Å². The lowest BCUT2D eigenvalue weighted by Crippen LogP contribution is -2.14. The predicted octanol–water partition coefficient (Wildman–Crippen LogP) is -0.594. The summed E-state index contributed by atoms with van der Waals surface area (Å²) in [5.41, 5.74) is -0.428. The minimum absolute atomic E-state index is 0.0804. The van der Waals surface area contributed by atoms with Crippen LogP contribution in [0.15, 0.2) is 10.9 Å². The van der Waals surface area contributed by atoms with Crippen molar-refractivity contribution in [2.75, 3.05) is 7.11 Å². The minimum Gasteiger partial charge on any atom is -0.481 e. The molecule has 0 bridgehead atoms. The van der Waals surface area contributed by atoms with Crippen molar-refractivity contribution in [1.29, 1.82) is 0 Å². The van der Waals surface area contributed by atoms with Crippen LogP contribution in [0.3, 0.4) is 0 Å². The number of ether oxygens (including phenoxy) is 1. The maximum Gasteiger partial charge on any atom is 0.311 e. The lowest BCUT2D eigenvalue weighted by Gasteiger charge is -1.99. The van der Waals surface area contributed by atoms with Crippen LogP contribution in [0.25, 0.3) is 0 Å². The summed E-state index contributed by atoms with van der Waals surface area (Å²) >= 11 is 0. The van der Waals surface area contributed by atoms with E-state index in [2.05, 4.69) is 9.97 Å². The van der Waals surface area contributed by atoms with Gasteiger partial charge in [-0.25, -0.2) is 0 Å². The number of aliphatic carboxylic acids is 1. The summed E-state index contributed by atoms with van der Waals surface area (Å²) < 4.78 is 4.69. The Balaban J connectivity index is 3.01. The summed E-state index contributed by atoms with van der Waals surface area (Å²) in [6, 6.07) is 1.14. The van der Waals surface area contributed by atoms with Gasteiger partial charge < -0.3 is 14.8 Å². The van der Waals surface area contributed by atoms with Crippen LogP contribution in [0.4, 0.5) is 0 Å². The Bertz CT molecular complexity index is 371. The third-order valence-corrected chi connectivity index (χ3v) is 1.30. The zero-order valence-electron chi connectivity index (χ0n) is 6.90. The van der Waals surface area contributed by atoms with Crippen molar-refractivity contribution in [3.8, 4) is 5.88 Å². The molecule has 2 N–H and O–H groups in total. The standard InChI is InChI=1S/C7H8N2O4/c1-13-6-3-5(10)8-4(9-6)2-7(11)12/h3H,2H2,1H3,(H,11,12)(H,8,9,10). The molecular formula is C7H8N2O4. The summed E-state index contributed by atoms with van der Waals surface area (Å²) in [5, 5.41) is 8.42. The number of nitrogens with zero attached hydrogens (tertiary/aromatic N) is 1. The molecule has 6 nitrogen and oxygen atoms in total. The largest absolute Gasteiger partial charge is 0.481 e. The predicted molar refractivity (Wildman–Crippen MR) is 42.7 cm³/mol. The maximum absolute atomic E-state index is 10.9. The van der Waals surface area contributed by atoms with Crippen LogP contribution in [-0.4, -0.2) is 28.2 Å². The van der Waals surface area contributed by atoms with Gasteiger partial charge in [0, 0.05) is 0 Å². The second-order valence-electron chi connectivity index (χ2n) is 2.30.